The van der Waals surface area contributed by atoms with Crippen LogP contribution in [0.25, 0.3) is 0 Å². The van der Waals surface area contributed by atoms with Crippen molar-refractivity contribution in [1.82, 2.24) is 10.2 Å². The van der Waals surface area contributed by atoms with Crippen molar-refractivity contribution in [3.05, 3.63) is 89.0 Å². The standard InChI is InChI=1S/C34H43N3O5S/c1-24-14-16-32(17-15-24)43(40,41)37(30-19-25(2)18-26(3)20-30)23-33(38)36(22-28-10-9-13-31(21-28)42-5)27(4)34(39)35-29-11-7-6-8-12-29/h9-10,13-21,27,29H,6-8,11-12,22-23H2,1-5H3,(H,35,39). The van der Waals surface area contributed by atoms with Crippen molar-refractivity contribution >= 4 is 27.5 Å². The number of carbonyl (C=O) groups is 2. The number of hydrogen-bond acceptors (Lipinski definition) is 5. The first-order valence-corrected chi connectivity index (χ1v) is 16.3. The molecule has 1 fully saturated rings. The third-order valence-electron chi connectivity index (χ3n) is 7.99. The van der Waals surface area contributed by atoms with E-state index in [4.69, 9.17) is 4.74 Å². The molecule has 230 valence electrons. The summed E-state index contributed by atoms with van der Waals surface area (Å²) in [6, 6.07) is 18.6. The van der Waals surface area contributed by atoms with Gasteiger partial charge in [0, 0.05) is 12.6 Å². The van der Waals surface area contributed by atoms with Crippen LogP contribution in [0.3, 0.4) is 0 Å². The van der Waals surface area contributed by atoms with Crippen LogP contribution < -0.4 is 14.4 Å². The summed E-state index contributed by atoms with van der Waals surface area (Å²) in [5.41, 5.74) is 3.84. The van der Waals surface area contributed by atoms with E-state index in [2.05, 4.69) is 5.32 Å². The predicted octanol–water partition coefficient (Wildman–Crippen LogP) is 5.68. The molecule has 0 heterocycles. The zero-order valence-corrected chi connectivity index (χ0v) is 26.6. The highest BCUT2D eigenvalue weighted by Gasteiger charge is 2.33. The van der Waals surface area contributed by atoms with Gasteiger partial charge in [-0.3, -0.25) is 13.9 Å². The van der Waals surface area contributed by atoms with Gasteiger partial charge in [0.1, 0.15) is 18.3 Å². The van der Waals surface area contributed by atoms with E-state index in [-0.39, 0.29) is 23.4 Å². The van der Waals surface area contributed by atoms with Gasteiger partial charge in [-0.05, 0) is 93.6 Å². The minimum atomic E-state index is -4.12. The lowest BCUT2D eigenvalue weighted by Crippen LogP contribution is -2.53. The molecule has 2 amide bonds. The molecule has 0 aromatic heterocycles. The molecule has 3 aromatic rings. The normalized spacial score (nSPS) is 14.5. The first-order chi connectivity index (χ1) is 20.5. The van der Waals surface area contributed by atoms with Crippen LogP contribution in [0.15, 0.2) is 71.6 Å². The van der Waals surface area contributed by atoms with Crippen molar-refractivity contribution in [2.75, 3.05) is 18.0 Å². The van der Waals surface area contributed by atoms with Gasteiger partial charge in [0.2, 0.25) is 11.8 Å². The molecule has 0 spiro atoms. The highest BCUT2D eigenvalue weighted by atomic mass is 32.2. The lowest BCUT2D eigenvalue weighted by molar-refractivity contribution is -0.139. The zero-order valence-electron chi connectivity index (χ0n) is 25.8. The molecule has 1 aliphatic carbocycles. The highest BCUT2D eigenvalue weighted by Crippen LogP contribution is 2.27. The van der Waals surface area contributed by atoms with Gasteiger partial charge in [0.15, 0.2) is 0 Å². The summed E-state index contributed by atoms with van der Waals surface area (Å²) < 4.78 is 34.7. The van der Waals surface area contributed by atoms with Crippen molar-refractivity contribution in [1.29, 1.82) is 0 Å². The average Bonchev–Trinajstić information content (AvgIpc) is 2.98. The minimum Gasteiger partial charge on any atom is -0.497 e. The Balaban J connectivity index is 1.71. The van der Waals surface area contributed by atoms with Gasteiger partial charge in [-0.2, -0.15) is 0 Å². The second-order valence-electron chi connectivity index (χ2n) is 11.6. The molecule has 1 atom stereocenters. The Labute approximate surface area is 256 Å². The molecule has 0 aliphatic heterocycles. The maximum absolute atomic E-state index is 14.2. The molecule has 1 N–H and O–H groups in total. The maximum Gasteiger partial charge on any atom is 0.264 e. The fourth-order valence-electron chi connectivity index (χ4n) is 5.58. The Hall–Kier alpha value is -3.85. The van der Waals surface area contributed by atoms with Crippen LogP contribution in [0.5, 0.6) is 5.75 Å². The van der Waals surface area contributed by atoms with Crippen LogP contribution in [-0.2, 0) is 26.2 Å². The van der Waals surface area contributed by atoms with Crippen molar-refractivity contribution in [2.24, 2.45) is 0 Å². The Morgan fingerprint density at radius 1 is 0.907 bits per heavy atom. The smallest absolute Gasteiger partial charge is 0.264 e. The summed E-state index contributed by atoms with van der Waals surface area (Å²) in [5, 5.41) is 3.13. The summed E-state index contributed by atoms with van der Waals surface area (Å²) in [4.78, 5) is 29.3. The van der Waals surface area contributed by atoms with Crippen LogP contribution in [0.4, 0.5) is 5.69 Å². The lowest BCUT2D eigenvalue weighted by Gasteiger charge is -2.33. The topological polar surface area (TPSA) is 96.0 Å². The monoisotopic (exact) mass is 605 g/mol. The largest absolute Gasteiger partial charge is 0.497 e. The fourth-order valence-corrected chi connectivity index (χ4v) is 6.98. The van der Waals surface area contributed by atoms with Crippen molar-refractivity contribution < 1.29 is 22.7 Å². The van der Waals surface area contributed by atoms with Gasteiger partial charge in [-0.15, -0.1) is 0 Å². The molecule has 4 rings (SSSR count). The molecule has 9 heteroatoms. The molecular weight excluding hydrogens is 562 g/mol. The number of benzene rings is 3. The molecule has 0 saturated heterocycles. The fraction of sp³-hybridized carbons (Fsp3) is 0.412. The molecule has 1 saturated carbocycles. The van der Waals surface area contributed by atoms with E-state index in [1.165, 1.54) is 4.90 Å². The van der Waals surface area contributed by atoms with Crippen molar-refractivity contribution in [3.8, 4) is 5.75 Å². The van der Waals surface area contributed by atoms with Gasteiger partial charge in [-0.1, -0.05) is 55.2 Å². The Bertz CT molecular complexity index is 1510. The summed E-state index contributed by atoms with van der Waals surface area (Å²) >= 11 is 0. The number of aryl methyl sites for hydroxylation is 3. The van der Waals surface area contributed by atoms with Gasteiger partial charge < -0.3 is 15.0 Å². The number of hydrogen-bond donors (Lipinski definition) is 1. The minimum absolute atomic E-state index is 0.0751. The molecular formula is C34H43N3O5S. The number of carbonyl (C=O) groups excluding carboxylic acids is 2. The summed E-state index contributed by atoms with van der Waals surface area (Å²) in [6.45, 7) is 7.01. The first-order valence-electron chi connectivity index (χ1n) is 14.9. The van der Waals surface area contributed by atoms with E-state index < -0.39 is 28.5 Å². The number of amides is 2. The first kappa shape index (κ1) is 32.1. The van der Waals surface area contributed by atoms with E-state index in [1.54, 1.807) is 50.4 Å². The van der Waals surface area contributed by atoms with Crippen LogP contribution in [0, 0.1) is 20.8 Å². The van der Waals surface area contributed by atoms with Crippen LogP contribution in [0.2, 0.25) is 0 Å². The van der Waals surface area contributed by atoms with Gasteiger partial charge in [0.05, 0.1) is 17.7 Å². The summed E-state index contributed by atoms with van der Waals surface area (Å²) in [7, 11) is -2.55. The molecule has 3 aromatic carbocycles. The highest BCUT2D eigenvalue weighted by molar-refractivity contribution is 7.92. The zero-order chi connectivity index (χ0) is 31.1. The van der Waals surface area contributed by atoms with Crippen LogP contribution >= 0.6 is 0 Å². The SMILES string of the molecule is COc1cccc(CN(C(=O)CN(c2cc(C)cc(C)c2)S(=O)(=O)c2ccc(C)cc2)C(C)C(=O)NC2CCCCC2)c1. The number of nitrogens with one attached hydrogen (secondary N) is 1. The molecule has 1 unspecified atom stereocenters. The van der Waals surface area contributed by atoms with Crippen molar-refractivity contribution in [2.45, 2.75) is 83.3 Å². The summed E-state index contributed by atoms with van der Waals surface area (Å²) in [6.07, 6.45) is 5.11. The third-order valence-corrected chi connectivity index (χ3v) is 9.78. The molecule has 43 heavy (non-hydrogen) atoms. The van der Waals surface area contributed by atoms with E-state index >= 15 is 0 Å². The molecule has 8 nitrogen and oxygen atoms in total. The summed E-state index contributed by atoms with van der Waals surface area (Å²) in [5.74, 6) is -0.102. The number of sulfonamides is 1. The second kappa shape index (κ2) is 14.1. The third kappa shape index (κ3) is 8.16. The molecule has 1 aliphatic rings. The average molecular weight is 606 g/mol. The van der Waals surface area contributed by atoms with Gasteiger partial charge in [-0.25, -0.2) is 8.42 Å². The Morgan fingerprint density at radius 3 is 2.19 bits per heavy atom. The quantitative estimate of drug-likeness (QED) is 0.303. The van der Waals surface area contributed by atoms with Gasteiger partial charge in [0.25, 0.3) is 10.0 Å². The van der Waals surface area contributed by atoms with E-state index in [9.17, 15) is 18.0 Å². The molecule has 0 bridgehead atoms. The van der Waals surface area contributed by atoms with Crippen LogP contribution in [0.1, 0.15) is 61.3 Å². The number of methoxy groups -OCH3 is 1. The van der Waals surface area contributed by atoms with Crippen LogP contribution in [-0.4, -0.2) is 50.9 Å². The second-order valence-corrected chi connectivity index (χ2v) is 13.4. The molecule has 0 radical (unpaired) electrons. The van der Waals surface area contributed by atoms with E-state index in [1.807, 2.05) is 51.1 Å². The maximum atomic E-state index is 14.2. The van der Waals surface area contributed by atoms with E-state index in [0.29, 0.717) is 11.4 Å². The number of nitrogens with zero attached hydrogens (tertiary/aromatic N) is 2. The lowest BCUT2D eigenvalue weighted by atomic mass is 9.95. The predicted molar refractivity (Wildman–Crippen MR) is 170 cm³/mol. The van der Waals surface area contributed by atoms with Gasteiger partial charge >= 0.3 is 0 Å². The number of anilines is 1. The Kier molecular flexibility index (Phi) is 10.5. The number of rotatable bonds is 11. The number of ether oxygens (including phenoxy) is 1. The Morgan fingerprint density at radius 2 is 1.56 bits per heavy atom. The van der Waals surface area contributed by atoms with E-state index in [0.717, 1.165) is 58.7 Å². The van der Waals surface area contributed by atoms with Crippen molar-refractivity contribution in [3.63, 3.8) is 0 Å².